The van der Waals surface area contributed by atoms with Crippen LogP contribution in [0.2, 0.25) is 0 Å². The molecular formula is C14H18N4. The van der Waals surface area contributed by atoms with Crippen molar-refractivity contribution in [2.75, 3.05) is 24.5 Å². The van der Waals surface area contributed by atoms with E-state index in [0.29, 0.717) is 6.04 Å². The van der Waals surface area contributed by atoms with Gasteiger partial charge in [0.2, 0.25) is 5.95 Å². The molecule has 0 amide bonds. The second-order valence-electron chi connectivity index (χ2n) is 4.69. The van der Waals surface area contributed by atoms with Crippen LogP contribution in [0.25, 0.3) is 10.9 Å². The molecule has 4 heteroatoms. The maximum atomic E-state index is 4.68. The predicted octanol–water partition coefficient (Wildman–Crippen LogP) is 1.82. The Morgan fingerprint density at radius 1 is 1.39 bits per heavy atom. The molecule has 0 bridgehead atoms. The van der Waals surface area contributed by atoms with Gasteiger partial charge in [0.25, 0.3) is 0 Å². The SMILES string of the molecule is CCC1CNCCN1c1ncc2ccccc2n1. The molecule has 1 aromatic heterocycles. The summed E-state index contributed by atoms with van der Waals surface area (Å²) in [4.78, 5) is 11.5. The van der Waals surface area contributed by atoms with Crippen molar-refractivity contribution in [3.8, 4) is 0 Å². The molecule has 0 aliphatic carbocycles. The minimum Gasteiger partial charge on any atom is -0.335 e. The van der Waals surface area contributed by atoms with Gasteiger partial charge in [-0.2, -0.15) is 0 Å². The molecule has 1 aliphatic rings. The molecule has 1 saturated heterocycles. The van der Waals surface area contributed by atoms with Crippen molar-refractivity contribution in [1.29, 1.82) is 0 Å². The number of rotatable bonds is 2. The van der Waals surface area contributed by atoms with Crippen molar-refractivity contribution in [2.24, 2.45) is 0 Å². The number of fused-ring (bicyclic) bond motifs is 1. The fraction of sp³-hybridized carbons (Fsp3) is 0.429. The molecule has 4 nitrogen and oxygen atoms in total. The smallest absolute Gasteiger partial charge is 0.226 e. The van der Waals surface area contributed by atoms with E-state index in [1.165, 1.54) is 0 Å². The van der Waals surface area contributed by atoms with Gasteiger partial charge in [-0.05, 0) is 12.5 Å². The second kappa shape index (κ2) is 4.90. The van der Waals surface area contributed by atoms with E-state index in [1.807, 2.05) is 30.5 Å². The number of hydrogen-bond donors (Lipinski definition) is 1. The van der Waals surface area contributed by atoms with E-state index in [2.05, 4.69) is 27.1 Å². The molecule has 1 aromatic carbocycles. The minimum atomic E-state index is 0.500. The van der Waals surface area contributed by atoms with Gasteiger partial charge in [0, 0.05) is 37.3 Å². The topological polar surface area (TPSA) is 41.0 Å². The summed E-state index contributed by atoms with van der Waals surface area (Å²) in [5.41, 5.74) is 1.02. The van der Waals surface area contributed by atoms with E-state index < -0.39 is 0 Å². The molecule has 0 saturated carbocycles. The van der Waals surface area contributed by atoms with Gasteiger partial charge >= 0.3 is 0 Å². The summed E-state index contributed by atoms with van der Waals surface area (Å²) in [7, 11) is 0. The van der Waals surface area contributed by atoms with Gasteiger partial charge in [-0.1, -0.05) is 25.1 Å². The van der Waals surface area contributed by atoms with Crippen molar-refractivity contribution in [3.63, 3.8) is 0 Å². The van der Waals surface area contributed by atoms with Gasteiger partial charge in [0.15, 0.2) is 0 Å². The zero-order chi connectivity index (χ0) is 12.4. The zero-order valence-corrected chi connectivity index (χ0v) is 10.6. The number of para-hydroxylation sites is 1. The molecule has 1 unspecified atom stereocenters. The summed E-state index contributed by atoms with van der Waals surface area (Å²) in [6.07, 6.45) is 3.04. The van der Waals surface area contributed by atoms with E-state index in [9.17, 15) is 0 Å². The fourth-order valence-corrected chi connectivity index (χ4v) is 2.49. The number of benzene rings is 1. The molecule has 1 N–H and O–H groups in total. The van der Waals surface area contributed by atoms with E-state index in [1.54, 1.807) is 0 Å². The Balaban J connectivity index is 1.97. The monoisotopic (exact) mass is 242 g/mol. The Kier molecular flexibility index (Phi) is 3.11. The molecular weight excluding hydrogens is 224 g/mol. The zero-order valence-electron chi connectivity index (χ0n) is 10.6. The lowest BCUT2D eigenvalue weighted by atomic mass is 10.1. The molecule has 18 heavy (non-hydrogen) atoms. The first-order chi connectivity index (χ1) is 8.88. The first-order valence-corrected chi connectivity index (χ1v) is 6.57. The summed E-state index contributed by atoms with van der Waals surface area (Å²) in [5.74, 6) is 0.863. The standard InChI is InChI=1S/C14H18N4/c1-2-12-10-15-7-8-18(12)14-16-9-11-5-3-4-6-13(11)17-14/h3-6,9,12,15H,2,7-8,10H2,1H3. The van der Waals surface area contributed by atoms with E-state index in [4.69, 9.17) is 0 Å². The van der Waals surface area contributed by atoms with Gasteiger partial charge in [0.05, 0.1) is 5.52 Å². The number of hydrogen-bond acceptors (Lipinski definition) is 4. The van der Waals surface area contributed by atoms with Crippen LogP contribution in [0.4, 0.5) is 5.95 Å². The molecule has 94 valence electrons. The van der Waals surface area contributed by atoms with E-state index in [-0.39, 0.29) is 0 Å². The summed E-state index contributed by atoms with van der Waals surface area (Å²) >= 11 is 0. The van der Waals surface area contributed by atoms with Gasteiger partial charge in [-0.25, -0.2) is 9.97 Å². The molecule has 3 rings (SSSR count). The summed E-state index contributed by atoms with van der Waals surface area (Å²) < 4.78 is 0. The average Bonchev–Trinajstić information content (AvgIpc) is 2.46. The van der Waals surface area contributed by atoms with E-state index in [0.717, 1.165) is 42.9 Å². The third-order valence-electron chi connectivity index (χ3n) is 3.55. The van der Waals surface area contributed by atoms with Crippen LogP contribution in [0, 0.1) is 0 Å². The summed E-state index contributed by atoms with van der Waals surface area (Å²) in [6.45, 7) is 5.22. The minimum absolute atomic E-state index is 0.500. The second-order valence-corrected chi connectivity index (χ2v) is 4.69. The van der Waals surface area contributed by atoms with Crippen LogP contribution in [0.1, 0.15) is 13.3 Å². The maximum absolute atomic E-state index is 4.68. The lowest BCUT2D eigenvalue weighted by molar-refractivity contribution is 0.460. The highest BCUT2D eigenvalue weighted by Crippen LogP contribution is 2.18. The average molecular weight is 242 g/mol. The van der Waals surface area contributed by atoms with Crippen molar-refractivity contribution >= 4 is 16.9 Å². The number of piperazine rings is 1. The highest BCUT2D eigenvalue weighted by molar-refractivity contribution is 5.78. The molecule has 0 radical (unpaired) electrons. The molecule has 1 aliphatic heterocycles. The van der Waals surface area contributed by atoms with Gasteiger partial charge in [-0.3, -0.25) is 0 Å². The Morgan fingerprint density at radius 2 is 2.28 bits per heavy atom. The van der Waals surface area contributed by atoms with Crippen LogP contribution >= 0.6 is 0 Å². The highest BCUT2D eigenvalue weighted by atomic mass is 15.3. The van der Waals surface area contributed by atoms with Crippen LogP contribution in [0.5, 0.6) is 0 Å². The van der Waals surface area contributed by atoms with Crippen LogP contribution in [0.3, 0.4) is 0 Å². The highest BCUT2D eigenvalue weighted by Gasteiger charge is 2.22. The summed E-state index contributed by atoms with van der Waals surface area (Å²) in [6, 6.07) is 8.64. The predicted molar refractivity (Wildman–Crippen MR) is 73.8 cm³/mol. The number of anilines is 1. The van der Waals surface area contributed by atoms with Crippen molar-refractivity contribution in [1.82, 2.24) is 15.3 Å². The largest absolute Gasteiger partial charge is 0.335 e. The molecule has 2 heterocycles. The quantitative estimate of drug-likeness (QED) is 0.872. The summed E-state index contributed by atoms with van der Waals surface area (Å²) in [5, 5.41) is 4.53. The lowest BCUT2D eigenvalue weighted by Crippen LogP contribution is -2.51. The molecule has 0 spiro atoms. The lowest BCUT2D eigenvalue weighted by Gasteiger charge is -2.35. The van der Waals surface area contributed by atoms with Gasteiger partial charge in [-0.15, -0.1) is 0 Å². The van der Waals surface area contributed by atoms with Crippen LogP contribution in [-0.2, 0) is 0 Å². The van der Waals surface area contributed by atoms with Crippen molar-refractivity contribution in [2.45, 2.75) is 19.4 Å². The first-order valence-electron chi connectivity index (χ1n) is 6.57. The third-order valence-corrected chi connectivity index (χ3v) is 3.55. The van der Waals surface area contributed by atoms with Crippen LogP contribution in [0.15, 0.2) is 30.5 Å². The molecule has 1 fully saturated rings. The Labute approximate surface area is 107 Å². The Hall–Kier alpha value is -1.68. The van der Waals surface area contributed by atoms with E-state index >= 15 is 0 Å². The van der Waals surface area contributed by atoms with Crippen molar-refractivity contribution in [3.05, 3.63) is 30.5 Å². The maximum Gasteiger partial charge on any atom is 0.226 e. The fourth-order valence-electron chi connectivity index (χ4n) is 2.49. The number of aromatic nitrogens is 2. The van der Waals surface area contributed by atoms with Crippen molar-refractivity contribution < 1.29 is 0 Å². The molecule has 1 atom stereocenters. The molecule has 2 aromatic rings. The number of nitrogens with one attached hydrogen (secondary N) is 1. The first kappa shape index (κ1) is 11.4. The Bertz CT molecular complexity index is 540. The third kappa shape index (κ3) is 2.04. The Morgan fingerprint density at radius 3 is 3.17 bits per heavy atom. The van der Waals surface area contributed by atoms with Gasteiger partial charge < -0.3 is 10.2 Å². The van der Waals surface area contributed by atoms with Gasteiger partial charge in [0.1, 0.15) is 0 Å². The van der Waals surface area contributed by atoms with Crippen LogP contribution in [-0.4, -0.2) is 35.6 Å². The van der Waals surface area contributed by atoms with Crippen LogP contribution < -0.4 is 10.2 Å². The normalized spacial score (nSPS) is 20.3. The number of nitrogens with zero attached hydrogens (tertiary/aromatic N) is 3.